The van der Waals surface area contributed by atoms with Crippen LogP contribution in [0.5, 0.6) is 5.88 Å². The fourth-order valence-corrected chi connectivity index (χ4v) is 4.12. The maximum atomic E-state index is 13.1. The Morgan fingerprint density at radius 1 is 1.38 bits per heavy atom. The third-order valence-electron chi connectivity index (χ3n) is 6.06. The van der Waals surface area contributed by atoms with E-state index in [1.165, 1.54) is 13.1 Å². The van der Waals surface area contributed by atoms with Crippen molar-refractivity contribution in [3.8, 4) is 5.88 Å². The molecule has 2 aliphatic rings. The number of alkyl halides is 2. The molecule has 0 radical (unpaired) electrons. The predicted octanol–water partition coefficient (Wildman–Crippen LogP) is 1.77. The van der Waals surface area contributed by atoms with Crippen LogP contribution in [0.1, 0.15) is 37.9 Å². The minimum Gasteiger partial charge on any atom is -0.471 e. The smallest absolute Gasteiger partial charge is 0.278 e. The second-order valence-corrected chi connectivity index (χ2v) is 8.88. The maximum Gasteiger partial charge on any atom is 0.278 e. The third kappa shape index (κ3) is 5.07. The van der Waals surface area contributed by atoms with Gasteiger partial charge in [0.25, 0.3) is 11.8 Å². The Hall–Kier alpha value is -3.37. The number of aryl methyl sites for hydroxylation is 1. The average molecular weight is 478 g/mol. The van der Waals surface area contributed by atoms with Gasteiger partial charge >= 0.3 is 0 Å². The molecule has 3 amide bonds. The van der Waals surface area contributed by atoms with Gasteiger partial charge in [-0.1, -0.05) is 12.2 Å². The fraction of sp³-hybridized carbons (Fsp3) is 0.522. The molecule has 3 atom stereocenters. The van der Waals surface area contributed by atoms with E-state index < -0.39 is 35.8 Å². The first-order valence-electron chi connectivity index (χ1n) is 10.9. The van der Waals surface area contributed by atoms with Crippen LogP contribution in [0.15, 0.2) is 24.4 Å². The van der Waals surface area contributed by atoms with Crippen molar-refractivity contribution in [3.63, 3.8) is 0 Å². The van der Waals surface area contributed by atoms with Crippen LogP contribution in [0, 0.1) is 23.7 Å². The normalized spacial score (nSPS) is 22.0. The molecule has 1 saturated heterocycles. The summed E-state index contributed by atoms with van der Waals surface area (Å²) in [7, 11) is 0. The van der Waals surface area contributed by atoms with Crippen LogP contribution in [-0.4, -0.2) is 65.5 Å². The summed E-state index contributed by atoms with van der Waals surface area (Å²) in [5.41, 5.74) is 0.0257. The molecule has 2 heterocycles. The Morgan fingerprint density at radius 3 is 2.62 bits per heavy atom. The molecule has 184 valence electrons. The minimum atomic E-state index is -2.98. The minimum absolute atomic E-state index is 0.0983. The van der Waals surface area contributed by atoms with E-state index in [1.807, 2.05) is 6.92 Å². The van der Waals surface area contributed by atoms with Crippen molar-refractivity contribution >= 4 is 23.4 Å². The number of aromatic nitrogens is 1. The number of carbonyl (C=O) groups excluding carboxylic acids is 3. The van der Waals surface area contributed by atoms with Gasteiger partial charge in [-0.2, -0.15) is 0 Å². The van der Waals surface area contributed by atoms with E-state index in [2.05, 4.69) is 15.6 Å². The van der Waals surface area contributed by atoms with Gasteiger partial charge < -0.3 is 20.3 Å². The zero-order chi connectivity index (χ0) is 25.3. The summed E-state index contributed by atoms with van der Waals surface area (Å²) in [5, 5.41) is 13.6. The molecule has 3 unspecified atom stereocenters. The van der Waals surface area contributed by atoms with E-state index in [4.69, 9.17) is 10.1 Å². The van der Waals surface area contributed by atoms with Crippen molar-refractivity contribution in [1.82, 2.24) is 20.5 Å². The molecule has 0 aromatic carbocycles. The van der Waals surface area contributed by atoms with Crippen LogP contribution in [0.25, 0.3) is 0 Å². The number of ether oxygens (including phenoxy) is 1. The largest absolute Gasteiger partial charge is 0.471 e. The summed E-state index contributed by atoms with van der Waals surface area (Å²) < 4.78 is 31.3. The van der Waals surface area contributed by atoms with Crippen molar-refractivity contribution < 1.29 is 27.9 Å². The number of rotatable bonds is 10. The molecule has 11 heteroatoms. The summed E-state index contributed by atoms with van der Waals surface area (Å²) in [5.74, 6) is -4.50. The van der Waals surface area contributed by atoms with Crippen molar-refractivity contribution in [2.75, 3.05) is 26.2 Å². The maximum absolute atomic E-state index is 13.1. The number of fused-ring (bicyclic) bond motifs is 1. The Balaban J connectivity index is 1.68. The summed E-state index contributed by atoms with van der Waals surface area (Å²) >= 11 is 0. The molecule has 9 nitrogen and oxygen atoms in total. The Bertz CT molecular complexity index is 1040. The third-order valence-corrected chi connectivity index (χ3v) is 6.06. The highest BCUT2D eigenvalue weighted by Crippen LogP contribution is 2.49. The molecule has 1 aliphatic carbocycles. The van der Waals surface area contributed by atoms with Crippen LogP contribution in [0.2, 0.25) is 0 Å². The highest BCUT2D eigenvalue weighted by atomic mass is 19.3. The number of pyridine rings is 1. The van der Waals surface area contributed by atoms with Crippen LogP contribution in [0.3, 0.4) is 0 Å². The first kappa shape index (κ1) is 25.3. The second-order valence-electron chi connectivity index (χ2n) is 8.88. The van der Waals surface area contributed by atoms with E-state index in [1.54, 1.807) is 30.0 Å². The van der Waals surface area contributed by atoms with Gasteiger partial charge in [0.15, 0.2) is 6.61 Å². The van der Waals surface area contributed by atoms with Crippen molar-refractivity contribution in [2.24, 2.45) is 11.3 Å². The molecular weight excluding hydrogens is 448 g/mol. The lowest BCUT2D eigenvalue weighted by atomic mass is 9.65. The highest BCUT2D eigenvalue weighted by molar-refractivity contribution is 6.41. The number of carbonyl (C=O) groups is 3. The van der Waals surface area contributed by atoms with Crippen LogP contribution in [0.4, 0.5) is 8.78 Å². The van der Waals surface area contributed by atoms with Crippen molar-refractivity contribution in [3.05, 3.63) is 35.5 Å². The zero-order valence-corrected chi connectivity index (χ0v) is 19.6. The number of hydrogen-bond acceptors (Lipinski definition) is 6. The summed E-state index contributed by atoms with van der Waals surface area (Å²) in [6.07, 6.45) is 4.89. The topological polar surface area (TPSA) is 124 Å². The molecule has 1 aromatic rings. The molecule has 0 bridgehead atoms. The van der Waals surface area contributed by atoms with Crippen molar-refractivity contribution in [1.29, 1.82) is 5.41 Å². The van der Waals surface area contributed by atoms with Gasteiger partial charge in [0, 0.05) is 45.2 Å². The Labute approximate surface area is 196 Å². The second kappa shape index (κ2) is 9.47. The van der Waals surface area contributed by atoms with Crippen LogP contribution in [-0.2, 0) is 14.4 Å². The van der Waals surface area contributed by atoms with E-state index in [-0.39, 0.29) is 43.0 Å². The SMILES string of the molecule is CC(=O)NCCNC(=O)C(=N)C12C=CC1C(=O)N(C(C)c1cnc(OCC(C)(F)F)c(C)c1)C2. The molecule has 1 aliphatic heterocycles. The number of amides is 3. The molecule has 0 saturated carbocycles. The molecule has 1 aromatic heterocycles. The van der Waals surface area contributed by atoms with Crippen molar-refractivity contribution in [2.45, 2.75) is 39.7 Å². The van der Waals surface area contributed by atoms with E-state index in [9.17, 15) is 23.2 Å². The lowest BCUT2D eigenvalue weighted by Gasteiger charge is -2.35. The number of hydrogen-bond donors (Lipinski definition) is 3. The monoisotopic (exact) mass is 477 g/mol. The van der Waals surface area contributed by atoms with Crippen LogP contribution < -0.4 is 15.4 Å². The standard InChI is InChI=1S/C23H29F2N5O4/c1-13-9-16(10-29-20(13)34-12-22(4,24)25)14(2)30-11-23(6-5-17(23)21(30)33)18(26)19(32)28-8-7-27-15(3)31/h5-6,9-10,14,17,26H,7-8,11-12H2,1-4H3,(H,27,31)(H,28,32). The zero-order valence-electron chi connectivity index (χ0n) is 19.6. The lowest BCUT2D eigenvalue weighted by Crippen LogP contribution is -2.50. The molecule has 34 heavy (non-hydrogen) atoms. The van der Waals surface area contributed by atoms with E-state index >= 15 is 0 Å². The van der Waals surface area contributed by atoms with E-state index in [0.717, 1.165) is 6.92 Å². The number of likely N-dealkylation sites (tertiary alicyclic amines) is 1. The summed E-state index contributed by atoms with van der Waals surface area (Å²) in [6, 6.07) is 1.31. The summed E-state index contributed by atoms with van der Waals surface area (Å²) in [6.45, 7) is 5.41. The number of nitrogens with one attached hydrogen (secondary N) is 3. The average Bonchev–Trinajstić information content (AvgIpc) is 2.93. The first-order valence-corrected chi connectivity index (χ1v) is 10.9. The van der Waals surface area contributed by atoms with Gasteiger partial charge in [0.2, 0.25) is 17.7 Å². The number of nitrogens with zero attached hydrogens (tertiary/aromatic N) is 2. The van der Waals surface area contributed by atoms with E-state index in [0.29, 0.717) is 11.1 Å². The number of halogens is 2. The van der Waals surface area contributed by atoms with Gasteiger partial charge in [-0.15, -0.1) is 0 Å². The van der Waals surface area contributed by atoms with Gasteiger partial charge in [-0.25, -0.2) is 13.8 Å². The lowest BCUT2D eigenvalue weighted by molar-refractivity contribution is -0.132. The van der Waals surface area contributed by atoms with Crippen LogP contribution >= 0.6 is 0 Å². The molecular formula is C23H29F2N5O4. The molecule has 1 fully saturated rings. The van der Waals surface area contributed by atoms with Gasteiger partial charge in [-0.05, 0) is 25.5 Å². The van der Waals surface area contributed by atoms with Gasteiger partial charge in [-0.3, -0.25) is 19.8 Å². The Kier molecular flexibility index (Phi) is 7.04. The first-order chi connectivity index (χ1) is 15.9. The Morgan fingerprint density at radius 2 is 2.06 bits per heavy atom. The molecule has 3 N–H and O–H groups in total. The van der Waals surface area contributed by atoms with Gasteiger partial charge in [0.05, 0.1) is 17.4 Å². The molecule has 3 rings (SSSR count). The quantitative estimate of drug-likeness (QED) is 0.269. The fourth-order valence-electron chi connectivity index (χ4n) is 4.12. The predicted molar refractivity (Wildman–Crippen MR) is 120 cm³/mol. The highest BCUT2D eigenvalue weighted by Gasteiger charge is 2.59. The summed E-state index contributed by atoms with van der Waals surface area (Å²) in [4.78, 5) is 42.3. The molecule has 0 spiro atoms. The van der Waals surface area contributed by atoms with Gasteiger partial charge in [0.1, 0.15) is 5.71 Å².